The summed E-state index contributed by atoms with van der Waals surface area (Å²) in [6, 6.07) is 11.9. The van der Waals surface area contributed by atoms with Gasteiger partial charge < -0.3 is 19.9 Å². The van der Waals surface area contributed by atoms with E-state index in [0.717, 1.165) is 102 Å². The molecule has 0 spiro atoms. The molecule has 2 aromatic carbocycles. The Hall–Kier alpha value is -5.47. The molecule has 18 heteroatoms. The number of anilines is 2. The van der Waals surface area contributed by atoms with Crippen LogP contribution in [0.2, 0.25) is 5.02 Å². The Bertz CT molecular complexity index is 2240. The van der Waals surface area contributed by atoms with Crippen LogP contribution in [0.3, 0.4) is 0 Å². The number of ether oxygens (including phenoxy) is 1. The highest BCUT2D eigenvalue weighted by Crippen LogP contribution is 2.39. The number of hydrogen-bond donors (Lipinski definition) is 2. The second kappa shape index (κ2) is 17.0. The van der Waals surface area contributed by atoms with Gasteiger partial charge in [0.05, 0.1) is 45.7 Å². The Balaban J connectivity index is 0.790. The van der Waals surface area contributed by atoms with Crippen molar-refractivity contribution in [3.63, 3.8) is 0 Å². The summed E-state index contributed by atoms with van der Waals surface area (Å²) >= 11 is 6.14. The number of nitrogens with zero attached hydrogens (tertiary/aromatic N) is 8. The maximum atomic E-state index is 14.0. The third-order valence-electron chi connectivity index (χ3n) is 12.0. The Kier molecular flexibility index (Phi) is 11.6. The van der Waals surface area contributed by atoms with Gasteiger partial charge in [0, 0.05) is 63.2 Å². The first-order valence-corrected chi connectivity index (χ1v) is 20.5. The smallest absolute Gasteiger partial charge is 0.416 e. The SMILES string of the molecule is N#Cc1ccc(O[C@H]2CC[C@H](NC(=O)c3ccc(N4CCC(CN5CCC(n6ncc7c(N8CCC(=O)NC8=O)cc(C(F)(F)F)cc76)CC5)CC4)nn3)CC2)cc1Cl. The Morgan fingerprint density at radius 2 is 1.71 bits per heavy atom. The van der Waals surface area contributed by atoms with Crippen molar-refractivity contribution in [2.75, 3.05) is 49.1 Å². The standard InChI is InChI=1S/C41H44ClF3N10O4/c42-33-21-31(4-1-26(33)22-46)59-30-5-2-28(3-6-30)48-39(57)34-7-8-37(51-50-34)53-16-9-25(10-17-53)24-52-14-11-29(12-15-52)55-36-20-27(41(43,44)45)19-35(32(36)23-47-55)54-18-13-38(56)49-40(54)58/h1,4,7-8,19-21,23,25,28-30H,2-3,5-6,9-18,24H2,(H,48,57)(H,49,56,58)/t28-,30-. The molecule has 4 amide bonds. The molecule has 1 saturated carbocycles. The third-order valence-corrected chi connectivity index (χ3v) is 12.3. The van der Waals surface area contributed by atoms with Crippen molar-refractivity contribution in [1.29, 1.82) is 5.26 Å². The number of hydrogen-bond acceptors (Lipinski definition) is 10. The lowest BCUT2D eigenvalue weighted by Crippen LogP contribution is -2.49. The van der Waals surface area contributed by atoms with Crippen LogP contribution in [0.4, 0.5) is 29.5 Å². The number of fused-ring (bicyclic) bond motifs is 1. The van der Waals surface area contributed by atoms with E-state index in [4.69, 9.17) is 21.6 Å². The number of nitrogens with one attached hydrogen (secondary N) is 2. The Morgan fingerprint density at radius 3 is 2.37 bits per heavy atom. The summed E-state index contributed by atoms with van der Waals surface area (Å²) in [5.41, 5.74) is 0.218. The number of carbonyl (C=O) groups is 3. The number of rotatable bonds is 9. The topological polar surface area (TPSA) is 162 Å². The molecule has 4 fully saturated rings. The largest absolute Gasteiger partial charge is 0.490 e. The highest BCUT2D eigenvalue weighted by molar-refractivity contribution is 6.31. The Morgan fingerprint density at radius 1 is 0.949 bits per heavy atom. The first kappa shape index (κ1) is 40.3. The molecule has 0 radical (unpaired) electrons. The van der Waals surface area contributed by atoms with Gasteiger partial charge in [-0.15, -0.1) is 10.2 Å². The first-order chi connectivity index (χ1) is 28.4. The van der Waals surface area contributed by atoms with Crippen molar-refractivity contribution in [2.45, 2.75) is 82.2 Å². The Labute approximate surface area is 343 Å². The molecule has 0 bridgehead atoms. The molecule has 4 aromatic rings. The van der Waals surface area contributed by atoms with Gasteiger partial charge in [-0.3, -0.25) is 24.5 Å². The first-order valence-electron chi connectivity index (χ1n) is 20.1. The lowest BCUT2D eigenvalue weighted by atomic mass is 9.92. The molecule has 310 valence electrons. The number of alkyl halides is 3. The summed E-state index contributed by atoms with van der Waals surface area (Å²) < 4.78 is 49.9. The van der Waals surface area contributed by atoms with Crippen LogP contribution in [0, 0.1) is 17.2 Å². The summed E-state index contributed by atoms with van der Waals surface area (Å²) in [5.74, 6) is 1.13. The number of piperidine rings is 2. The van der Waals surface area contributed by atoms with Crippen LogP contribution in [0.5, 0.6) is 5.75 Å². The van der Waals surface area contributed by atoms with E-state index in [2.05, 4.69) is 35.7 Å². The fourth-order valence-corrected chi connectivity index (χ4v) is 8.92. The number of halogens is 4. The quantitative estimate of drug-likeness (QED) is 0.191. The molecular weight excluding hydrogens is 789 g/mol. The van der Waals surface area contributed by atoms with Crippen molar-refractivity contribution in [3.8, 4) is 11.8 Å². The summed E-state index contributed by atoms with van der Waals surface area (Å²) in [4.78, 5) is 43.1. The van der Waals surface area contributed by atoms with E-state index in [9.17, 15) is 27.6 Å². The number of carbonyl (C=O) groups excluding carboxylic acids is 3. The number of imide groups is 1. The third kappa shape index (κ3) is 9.08. The molecule has 2 N–H and O–H groups in total. The van der Waals surface area contributed by atoms with Gasteiger partial charge >= 0.3 is 12.2 Å². The molecule has 1 aliphatic carbocycles. The average Bonchev–Trinajstić information content (AvgIpc) is 3.66. The zero-order valence-corrected chi connectivity index (χ0v) is 33.0. The van der Waals surface area contributed by atoms with Crippen LogP contribution in [0.1, 0.15) is 85.4 Å². The number of amides is 4. The summed E-state index contributed by atoms with van der Waals surface area (Å²) in [7, 11) is 0. The van der Waals surface area contributed by atoms with Crippen LogP contribution >= 0.6 is 11.6 Å². The zero-order chi connectivity index (χ0) is 41.3. The molecule has 8 rings (SSSR count). The van der Waals surface area contributed by atoms with Crippen molar-refractivity contribution in [1.82, 2.24) is 35.5 Å². The predicted octanol–water partition coefficient (Wildman–Crippen LogP) is 6.49. The van der Waals surface area contributed by atoms with E-state index in [1.165, 1.54) is 11.1 Å². The number of nitriles is 1. The average molecular weight is 833 g/mol. The van der Waals surface area contributed by atoms with Crippen molar-refractivity contribution < 1.29 is 32.3 Å². The van der Waals surface area contributed by atoms with Crippen molar-refractivity contribution in [3.05, 3.63) is 70.5 Å². The van der Waals surface area contributed by atoms with Crippen molar-refractivity contribution >= 4 is 51.9 Å². The van der Waals surface area contributed by atoms with Crippen LogP contribution in [0.15, 0.2) is 48.7 Å². The molecule has 14 nitrogen and oxygen atoms in total. The van der Waals surface area contributed by atoms with E-state index >= 15 is 0 Å². The zero-order valence-electron chi connectivity index (χ0n) is 32.3. The number of aromatic nitrogens is 4. The fraction of sp³-hybridized carbons (Fsp3) is 0.488. The maximum Gasteiger partial charge on any atom is 0.416 e. The lowest BCUT2D eigenvalue weighted by Gasteiger charge is -2.38. The monoisotopic (exact) mass is 832 g/mol. The van der Waals surface area contributed by atoms with E-state index < -0.39 is 23.7 Å². The van der Waals surface area contributed by atoms with E-state index in [0.29, 0.717) is 33.2 Å². The maximum absolute atomic E-state index is 14.0. The minimum atomic E-state index is -4.63. The highest BCUT2D eigenvalue weighted by atomic mass is 35.5. The number of urea groups is 1. The molecule has 0 unspecified atom stereocenters. The van der Waals surface area contributed by atoms with E-state index in [-0.39, 0.29) is 48.4 Å². The van der Waals surface area contributed by atoms with Crippen LogP contribution < -0.4 is 25.2 Å². The molecule has 3 saturated heterocycles. The van der Waals surface area contributed by atoms with Crippen molar-refractivity contribution in [2.24, 2.45) is 5.92 Å². The molecular formula is C41H44ClF3N10O4. The van der Waals surface area contributed by atoms with Gasteiger partial charge in [0.25, 0.3) is 5.91 Å². The van der Waals surface area contributed by atoms with Gasteiger partial charge in [0.15, 0.2) is 11.5 Å². The van der Waals surface area contributed by atoms with Gasteiger partial charge in [-0.2, -0.15) is 23.5 Å². The summed E-state index contributed by atoms with van der Waals surface area (Å²) in [6.45, 7) is 4.11. The molecule has 5 heterocycles. The minimum Gasteiger partial charge on any atom is -0.490 e. The molecule has 0 atom stereocenters. The number of likely N-dealkylation sites (tertiary alicyclic amines) is 1. The van der Waals surface area contributed by atoms with E-state index in [1.807, 2.05) is 12.1 Å². The molecule has 2 aromatic heterocycles. The van der Waals surface area contributed by atoms with Crippen LogP contribution in [-0.2, 0) is 11.0 Å². The lowest BCUT2D eigenvalue weighted by molar-refractivity contribution is -0.137. The summed E-state index contributed by atoms with van der Waals surface area (Å²) in [5, 5.41) is 28.4. The van der Waals surface area contributed by atoms with Gasteiger partial charge in [-0.25, -0.2) is 4.79 Å². The van der Waals surface area contributed by atoms with Gasteiger partial charge in [-0.1, -0.05) is 11.6 Å². The number of benzene rings is 2. The summed E-state index contributed by atoms with van der Waals surface area (Å²) in [6.07, 6.45) is 3.34. The van der Waals surface area contributed by atoms with Crippen LogP contribution in [-0.4, -0.2) is 94.1 Å². The predicted molar refractivity (Wildman–Crippen MR) is 212 cm³/mol. The van der Waals surface area contributed by atoms with Gasteiger partial charge in [0.2, 0.25) is 5.91 Å². The fourth-order valence-electron chi connectivity index (χ4n) is 8.71. The molecule has 3 aliphatic heterocycles. The molecule has 59 heavy (non-hydrogen) atoms. The van der Waals surface area contributed by atoms with E-state index in [1.54, 1.807) is 28.9 Å². The minimum absolute atomic E-state index is 0.00157. The second-order valence-electron chi connectivity index (χ2n) is 15.8. The molecule has 4 aliphatic rings. The van der Waals surface area contributed by atoms with Gasteiger partial charge in [0.1, 0.15) is 11.8 Å². The van der Waals surface area contributed by atoms with Gasteiger partial charge in [-0.05, 0) is 93.7 Å². The van der Waals surface area contributed by atoms with Crippen LogP contribution in [0.25, 0.3) is 10.9 Å². The highest BCUT2D eigenvalue weighted by Gasteiger charge is 2.36. The normalized spacial score (nSPS) is 21.3. The second-order valence-corrected chi connectivity index (χ2v) is 16.2.